The minimum absolute atomic E-state index is 0.0972. The molecular weight excluding hydrogens is 295 g/mol. The average molecular weight is 308 g/mol. The second kappa shape index (κ2) is 5.95. The van der Waals surface area contributed by atoms with Crippen LogP contribution < -0.4 is 10.5 Å². The number of nitrogens with zero attached hydrogens (tertiary/aromatic N) is 2. The first kappa shape index (κ1) is 15.0. The second-order valence-electron chi connectivity index (χ2n) is 4.09. The molecule has 0 saturated heterocycles. The van der Waals surface area contributed by atoms with E-state index in [-0.39, 0.29) is 22.8 Å². The topological polar surface area (TPSA) is 90.0 Å². The van der Waals surface area contributed by atoms with Crippen LogP contribution in [0.4, 0.5) is 10.2 Å². The number of aryl methyl sites for hydroxylation is 1. The van der Waals surface area contributed by atoms with E-state index in [0.717, 1.165) is 6.07 Å². The zero-order valence-corrected chi connectivity index (χ0v) is 12.0. The van der Waals surface area contributed by atoms with Gasteiger partial charge in [-0.1, -0.05) is 11.8 Å². The molecule has 6 nitrogen and oxygen atoms in total. The second-order valence-corrected chi connectivity index (χ2v) is 5.78. The third-order valence-corrected chi connectivity index (χ3v) is 3.99. The SMILES string of the molecule is Cn1nccc1NS(=O)(=O)c1ccc(C#CCN)c(F)c1. The lowest BCUT2D eigenvalue weighted by atomic mass is 10.2. The Kier molecular flexibility index (Phi) is 4.26. The van der Waals surface area contributed by atoms with Crippen molar-refractivity contribution in [2.45, 2.75) is 4.90 Å². The highest BCUT2D eigenvalue weighted by molar-refractivity contribution is 7.92. The summed E-state index contributed by atoms with van der Waals surface area (Å²) in [5, 5.41) is 3.85. The van der Waals surface area contributed by atoms with Crippen molar-refractivity contribution >= 4 is 15.8 Å². The summed E-state index contributed by atoms with van der Waals surface area (Å²) in [5.74, 6) is 4.60. The minimum Gasteiger partial charge on any atom is -0.320 e. The summed E-state index contributed by atoms with van der Waals surface area (Å²) in [4.78, 5) is -0.195. The molecule has 0 saturated carbocycles. The summed E-state index contributed by atoms with van der Waals surface area (Å²) in [7, 11) is -2.30. The highest BCUT2D eigenvalue weighted by Gasteiger charge is 2.17. The number of nitrogens with one attached hydrogen (secondary N) is 1. The normalized spacial score (nSPS) is 10.8. The van der Waals surface area contributed by atoms with Gasteiger partial charge in [0, 0.05) is 13.1 Å². The van der Waals surface area contributed by atoms with Crippen molar-refractivity contribution in [1.82, 2.24) is 9.78 Å². The van der Waals surface area contributed by atoms with Crippen LogP contribution in [0.1, 0.15) is 5.56 Å². The average Bonchev–Trinajstić information content (AvgIpc) is 2.82. The molecule has 1 aromatic heterocycles. The molecule has 0 unspecified atom stereocenters. The lowest BCUT2D eigenvalue weighted by molar-refractivity contribution is 0.594. The van der Waals surface area contributed by atoms with Crippen molar-refractivity contribution in [3.63, 3.8) is 0 Å². The highest BCUT2D eigenvalue weighted by Crippen LogP contribution is 2.18. The summed E-state index contributed by atoms with van der Waals surface area (Å²) in [5.41, 5.74) is 5.30. The molecule has 110 valence electrons. The number of rotatable bonds is 3. The van der Waals surface area contributed by atoms with Crippen LogP contribution in [0.3, 0.4) is 0 Å². The molecule has 0 aliphatic rings. The van der Waals surface area contributed by atoms with Gasteiger partial charge in [0.2, 0.25) is 0 Å². The third kappa shape index (κ3) is 3.39. The first-order valence-corrected chi connectivity index (χ1v) is 7.41. The smallest absolute Gasteiger partial charge is 0.263 e. The van der Waals surface area contributed by atoms with Crippen LogP contribution in [-0.4, -0.2) is 24.7 Å². The van der Waals surface area contributed by atoms with Crippen molar-refractivity contribution in [3.8, 4) is 11.8 Å². The van der Waals surface area contributed by atoms with Gasteiger partial charge in [-0.3, -0.25) is 9.40 Å². The Morgan fingerprint density at radius 3 is 2.76 bits per heavy atom. The van der Waals surface area contributed by atoms with Gasteiger partial charge in [-0.2, -0.15) is 5.10 Å². The monoisotopic (exact) mass is 308 g/mol. The van der Waals surface area contributed by atoms with Crippen LogP contribution in [0, 0.1) is 17.7 Å². The first-order valence-electron chi connectivity index (χ1n) is 5.93. The summed E-state index contributed by atoms with van der Waals surface area (Å²) in [6.45, 7) is 0.0987. The molecule has 2 aromatic rings. The van der Waals surface area contributed by atoms with Gasteiger partial charge in [0.25, 0.3) is 10.0 Å². The Hall–Kier alpha value is -2.37. The zero-order chi connectivity index (χ0) is 15.5. The summed E-state index contributed by atoms with van der Waals surface area (Å²) in [6, 6.07) is 4.99. The van der Waals surface area contributed by atoms with Crippen LogP contribution in [0.5, 0.6) is 0 Å². The zero-order valence-electron chi connectivity index (χ0n) is 11.2. The Balaban J connectivity index is 2.33. The van der Waals surface area contributed by atoms with E-state index >= 15 is 0 Å². The van der Waals surface area contributed by atoms with E-state index in [1.54, 1.807) is 7.05 Å². The van der Waals surface area contributed by atoms with E-state index in [1.807, 2.05) is 0 Å². The van der Waals surface area contributed by atoms with E-state index in [2.05, 4.69) is 21.7 Å². The molecule has 8 heteroatoms. The van der Waals surface area contributed by atoms with Crippen molar-refractivity contribution in [2.75, 3.05) is 11.3 Å². The van der Waals surface area contributed by atoms with Crippen LogP contribution in [-0.2, 0) is 17.1 Å². The predicted molar refractivity (Wildman–Crippen MR) is 76.3 cm³/mol. The Labute approximate surface area is 121 Å². The number of anilines is 1. The molecule has 0 atom stereocenters. The molecule has 2 rings (SSSR count). The van der Waals surface area contributed by atoms with Crippen molar-refractivity contribution in [1.29, 1.82) is 0 Å². The summed E-state index contributed by atoms with van der Waals surface area (Å²) >= 11 is 0. The minimum atomic E-state index is -3.89. The Bertz CT molecular complexity index is 818. The maximum atomic E-state index is 13.8. The number of halogens is 1. The molecule has 0 bridgehead atoms. The number of nitrogens with two attached hydrogens (primary N) is 1. The van der Waals surface area contributed by atoms with E-state index in [0.29, 0.717) is 0 Å². The fourth-order valence-electron chi connectivity index (χ4n) is 1.58. The third-order valence-electron chi connectivity index (χ3n) is 2.64. The fourth-order valence-corrected chi connectivity index (χ4v) is 2.68. The maximum Gasteiger partial charge on any atom is 0.263 e. The molecule has 0 aliphatic heterocycles. The van der Waals surface area contributed by atoms with Crippen molar-refractivity contribution in [3.05, 3.63) is 41.8 Å². The summed E-state index contributed by atoms with van der Waals surface area (Å²) in [6.07, 6.45) is 1.45. The van der Waals surface area contributed by atoms with Gasteiger partial charge >= 0.3 is 0 Å². The first-order chi connectivity index (χ1) is 9.94. The number of benzene rings is 1. The van der Waals surface area contributed by atoms with E-state index < -0.39 is 15.8 Å². The van der Waals surface area contributed by atoms with Gasteiger partial charge in [-0.05, 0) is 18.2 Å². The number of hydrogen-bond donors (Lipinski definition) is 2. The molecule has 1 aromatic carbocycles. The fraction of sp³-hybridized carbons (Fsp3) is 0.154. The molecule has 0 fully saturated rings. The van der Waals surface area contributed by atoms with Gasteiger partial charge in [0.15, 0.2) is 0 Å². The predicted octanol–water partition coefficient (Wildman–Crippen LogP) is 0.670. The highest BCUT2D eigenvalue weighted by atomic mass is 32.2. The van der Waals surface area contributed by atoms with Crippen LogP contribution >= 0.6 is 0 Å². The molecule has 21 heavy (non-hydrogen) atoms. The quantitative estimate of drug-likeness (QED) is 0.816. The molecule has 0 radical (unpaired) electrons. The molecule has 0 aliphatic carbocycles. The van der Waals surface area contributed by atoms with Gasteiger partial charge in [0.05, 0.1) is 23.2 Å². The summed E-state index contributed by atoms with van der Waals surface area (Å²) < 4.78 is 41.8. The molecule has 1 heterocycles. The Morgan fingerprint density at radius 1 is 1.43 bits per heavy atom. The molecule has 0 spiro atoms. The van der Waals surface area contributed by atoms with Gasteiger partial charge in [-0.25, -0.2) is 12.8 Å². The molecule has 3 N–H and O–H groups in total. The van der Waals surface area contributed by atoms with Gasteiger partial charge in [0.1, 0.15) is 11.6 Å². The number of hydrogen-bond acceptors (Lipinski definition) is 4. The van der Waals surface area contributed by atoms with Gasteiger partial charge < -0.3 is 5.73 Å². The van der Waals surface area contributed by atoms with Crippen LogP contribution in [0.2, 0.25) is 0 Å². The standard InChI is InChI=1S/C13H13FN4O2S/c1-18-13(6-8-16-18)17-21(19,20)11-5-4-10(3-2-7-15)12(14)9-11/h4-6,8-9,17H,7,15H2,1H3. The number of sulfonamides is 1. The molecular formula is C13H13FN4O2S. The van der Waals surface area contributed by atoms with Crippen LogP contribution in [0.25, 0.3) is 0 Å². The lowest BCUT2D eigenvalue weighted by Gasteiger charge is -2.08. The van der Waals surface area contributed by atoms with E-state index in [4.69, 9.17) is 5.73 Å². The van der Waals surface area contributed by atoms with Crippen molar-refractivity contribution < 1.29 is 12.8 Å². The molecule has 0 amide bonds. The van der Waals surface area contributed by atoms with Crippen molar-refractivity contribution in [2.24, 2.45) is 12.8 Å². The lowest BCUT2D eigenvalue weighted by Crippen LogP contribution is -2.15. The van der Waals surface area contributed by atoms with Gasteiger partial charge in [-0.15, -0.1) is 0 Å². The van der Waals surface area contributed by atoms with Crippen LogP contribution in [0.15, 0.2) is 35.4 Å². The Morgan fingerprint density at radius 2 is 2.19 bits per heavy atom. The van der Waals surface area contributed by atoms with E-state index in [1.165, 1.54) is 29.1 Å². The van der Waals surface area contributed by atoms with E-state index in [9.17, 15) is 12.8 Å². The largest absolute Gasteiger partial charge is 0.320 e. The maximum absolute atomic E-state index is 13.8. The number of aromatic nitrogens is 2.